The van der Waals surface area contributed by atoms with Crippen LogP contribution in [0, 0.1) is 0 Å². The van der Waals surface area contributed by atoms with Gasteiger partial charge in [0.1, 0.15) is 0 Å². The Labute approximate surface area is 83.6 Å². The minimum absolute atomic E-state index is 0. The van der Waals surface area contributed by atoms with Crippen LogP contribution >= 0.6 is 0 Å². The number of benzene rings is 1. The van der Waals surface area contributed by atoms with Gasteiger partial charge in [-0.1, -0.05) is 0 Å². The van der Waals surface area contributed by atoms with E-state index in [2.05, 4.69) is 0 Å². The van der Waals surface area contributed by atoms with Crippen LogP contribution in [0.15, 0.2) is 18.2 Å². The van der Waals surface area contributed by atoms with Crippen molar-refractivity contribution in [3.05, 3.63) is 23.8 Å². The molecule has 12 heavy (non-hydrogen) atoms. The van der Waals surface area contributed by atoms with Gasteiger partial charge in [-0.2, -0.15) is 0 Å². The molecular weight excluding hydrogens is 199 g/mol. The minimum atomic E-state index is -0.0186. The Hall–Kier alpha value is -0.640. The van der Waals surface area contributed by atoms with Gasteiger partial charge in [0, 0.05) is 11.4 Å². The number of nitrogen functional groups attached to an aromatic ring is 2. The summed E-state index contributed by atoms with van der Waals surface area (Å²) in [4.78, 5) is 0. The van der Waals surface area contributed by atoms with Gasteiger partial charge < -0.3 is 41.4 Å². The van der Waals surface area contributed by atoms with Gasteiger partial charge in [0.2, 0.25) is 0 Å². The van der Waals surface area contributed by atoms with Gasteiger partial charge in [-0.05, 0) is 23.8 Å². The Kier molecular flexibility index (Phi) is 6.89. The summed E-state index contributed by atoms with van der Waals surface area (Å²) in [6.07, 6.45) is 0. The zero-order valence-electron chi connectivity index (χ0n) is 6.30. The first-order valence-electron chi connectivity index (χ1n) is 2.98. The third-order valence-electron chi connectivity index (χ3n) is 1.22. The molecule has 0 radical (unpaired) electrons. The van der Waals surface area contributed by atoms with Gasteiger partial charge in [-0.15, -0.1) is 0 Å². The zero-order chi connectivity index (χ0) is 7.56. The van der Waals surface area contributed by atoms with E-state index in [1.807, 2.05) is 0 Å². The third-order valence-corrected chi connectivity index (χ3v) is 1.22. The fraction of sp³-hybridized carbons (Fsp3) is 0.143. The van der Waals surface area contributed by atoms with E-state index in [0.29, 0.717) is 11.4 Å². The number of halogens is 2. The minimum Gasteiger partial charge on any atom is -1.00 e. The van der Waals surface area contributed by atoms with Crippen molar-refractivity contribution in [2.75, 3.05) is 11.5 Å². The maximum Gasteiger partial charge on any atom is 0.0683 e. The van der Waals surface area contributed by atoms with Crippen molar-refractivity contribution in [1.82, 2.24) is 0 Å². The first-order valence-corrected chi connectivity index (χ1v) is 2.98. The normalized spacial score (nSPS) is 8.08. The molecule has 1 aromatic rings. The van der Waals surface area contributed by atoms with Crippen LogP contribution in [0.1, 0.15) is 5.56 Å². The van der Waals surface area contributed by atoms with E-state index in [-0.39, 0.29) is 31.4 Å². The largest absolute Gasteiger partial charge is 1.00 e. The summed E-state index contributed by atoms with van der Waals surface area (Å²) in [6.45, 7) is -0.0186. The van der Waals surface area contributed by atoms with Crippen LogP contribution in [0.25, 0.3) is 0 Å². The summed E-state index contributed by atoms with van der Waals surface area (Å²) in [5, 5.41) is 8.68. The van der Waals surface area contributed by atoms with Gasteiger partial charge in [0.25, 0.3) is 0 Å². The average molecular weight is 209 g/mol. The van der Waals surface area contributed by atoms with Gasteiger partial charge in [-0.3, -0.25) is 0 Å². The molecule has 0 aromatic heterocycles. The van der Waals surface area contributed by atoms with Crippen LogP contribution in [0.4, 0.5) is 11.4 Å². The first kappa shape index (κ1) is 13.9. The summed E-state index contributed by atoms with van der Waals surface area (Å²) in [6, 6.07) is 5.03. The van der Waals surface area contributed by atoms with E-state index in [1.165, 1.54) is 0 Å². The van der Waals surface area contributed by atoms with Crippen molar-refractivity contribution in [1.29, 1.82) is 0 Å². The number of hydrogen-bond acceptors (Lipinski definition) is 3. The standard InChI is InChI=1S/C7H10N2O.2ClH/c8-6-1-5(4-10)2-7(9)3-6;;/h1-3,10H,4,8-9H2;2*1H/p-2. The van der Waals surface area contributed by atoms with Crippen molar-refractivity contribution in [2.45, 2.75) is 6.61 Å². The molecule has 0 spiro atoms. The molecule has 0 aliphatic rings. The van der Waals surface area contributed by atoms with Crippen molar-refractivity contribution < 1.29 is 29.9 Å². The highest BCUT2D eigenvalue weighted by Crippen LogP contribution is 2.12. The number of aliphatic hydroxyl groups excluding tert-OH is 1. The Morgan fingerprint density at radius 1 is 1.00 bits per heavy atom. The summed E-state index contributed by atoms with van der Waals surface area (Å²) in [5.74, 6) is 0. The second kappa shape index (κ2) is 5.94. The van der Waals surface area contributed by atoms with E-state index in [0.717, 1.165) is 5.56 Å². The highest BCUT2D eigenvalue weighted by molar-refractivity contribution is 5.54. The molecule has 0 bridgehead atoms. The van der Waals surface area contributed by atoms with E-state index in [1.54, 1.807) is 18.2 Å². The lowest BCUT2D eigenvalue weighted by atomic mass is 10.2. The van der Waals surface area contributed by atoms with Gasteiger partial charge in [0.05, 0.1) is 6.61 Å². The molecule has 0 atom stereocenters. The molecule has 0 saturated heterocycles. The van der Waals surface area contributed by atoms with Gasteiger partial charge in [0.15, 0.2) is 0 Å². The molecule has 0 heterocycles. The molecule has 1 rings (SSSR count). The molecular formula is C7H10Cl2N2O-2. The summed E-state index contributed by atoms with van der Waals surface area (Å²) < 4.78 is 0. The molecule has 1 aromatic carbocycles. The van der Waals surface area contributed by atoms with Gasteiger partial charge >= 0.3 is 0 Å². The topological polar surface area (TPSA) is 72.3 Å². The smallest absolute Gasteiger partial charge is 0.0683 e. The predicted octanol–water partition coefficient (Wildman–Crippen LogP) is -5.65. The SMILES string of the molecule is Nc1cc(N)cc(CO)c1.[Cl-].[Cl-]. The maximum atomic E-state index is 8.68. The van der Waals surface area contributed by atoms with Crippen LogP contribution in [-0.4, -0.2) is 5.11 Å². The second-order valence-corrected chi connectivity index (χ2v) is 2.17. The van der Waals surface area contributed by atoms with Crippen molar-refractivity contribution in [2.24, 2.45) is 0 Å². The monoisotopic (exact) mass is 208 g/mol. The average Bonchev–Trinajstić information content (AvgIpc) is 1.85. The van der Waals surface area contributed by atoms with E-state index >= 15 is 0 Å². The molecule has 0 amide bonds. The quantitative estimate of drug-likeness (QED) is 0.404. The van der Waals surface area contributed by atoms with Crippen LogP contribution in [0.3, 0.4) is 0 Å². The fourth-order valence-electron chi connectivity index (χ4n) is 0.837. The Morgan fingerprint density at radius 3 is 1.75 bits per heavy atom. The van der Waals surface area contributed by atoms with Crippen molar-refractivity contribution in [3.63, 3.8) is 0 Å². The van der Waals surface area contributed by atoms with Crippen LogP contribution < -0.4 is 36.3 Å². The van der Waals surface area contributed by atoms with Crippen LogP contribution in [0.2, 0.25) is 0 Å². The Bertz CT molecular complexity index is 223. The lowest BCUT2D eigenvalue weighted by molar-refractivity contribution is -0.001000. The zero-order valence-corrected chi connectivity index (χ0v) is 7.81. The van der Waals surface area contributed by atoms with Crippen molar-refractivity contribution >= 4 is 11.4 Å². The van der Waals surface area contributed by atoms with E-state index < -0.39 is 0 Å². The number of rotatable bonds is 1. The van der Waals surface area contributed by atoms with E-state index in [4.69, 9.17) is 16.6 Å². The lowest BCUT2D eigenvalue weighted by Gasteiger charge is -1.99. The molecule has 0 saturated carbocycles. The van der Waals surface area contributed by atoms with Crippen molar-refractivity contribution in [3.8, 4) is 0 Å². The third kappa shape index (κ3) is 3.67. The lowest BCUT2D eigenvalue weighted by Crippen LogP contribution is -3.00. The molecule has 3 nitrogen and oxygen atoms in total. The Morgan fingerprint density at radius 2 is 1.42 bits per heavy atom. The number of nitrogens with two attached hydrogens (primary N) is 2. The summed E-state index contributed by atoms with van der Waals surface area (Å²) in [7, 11) is 0. The molecule has 0 unspecified atom stereocenters. The van der Waals surface area contributed by atoms with E-state index in [9.17, 15) is 0 Å². The first-order chi connectivity index (χ1) is 4.72. The predicted molar refractivity (Wildman–Crippen MR) is 41.2 cm³/mol. The molecule has 0 aliphatic carbocycles. The molecule has 5 N–H and O–H groups in total. The molecule has 70 valence electrons. The van der Waals surface area contributed by atoms with Gasteiger partial charge in [-0.25, -0.2) is 0 Å². The Balaban J connectivity index is 0. The number of anilines is 2. The molecule has 5 heteroatoms. The number of hydrogen-bond donors (Lipinski definition) is 3. The van der Waals surface area contributed by atoms with Crippen LogP contribution in [-0.2, 0) is 6.61 Å². The molecule has 0 fully saturated rings. The highest BCUT2D eigenvalue weighted by atomic mass is 35.5. The maximum absolute atomic E-state index is 8.68. The number of aliphatic hydroxyl groups is 1. The fourth-order valence-corrected chi connectivity index (χ4v) is 0.837. The summed E-state index contributed by atoms with van der Waals surface area (Å²) >= 11 is 0. The molecule has 0 aliphatic heterocycles. The second-order valence-electron chi connectivity index (χ2n) is 2.17. The highest BCUT2D eigenvalue weighted by Gasteiger charge is 1.93. The summed E-state index contributed by atoms with van der Waals surface area (Å²) in [5.41, 5.74) is 12.8. The van der Waals surface area contributed by atoms with Crippen LogP contribution in [0.5, 0.6) is 0 Å².